The number of rotatable bonds is 1. The van der Waals surface area contributed by atoms with Crippen LogP contribution in [0.4, 0.5) is 0 Å². The molecule has 1 fully saturated rings. The third kappa shape index (κ3) is 1.52. The average molecular weight is 166 g/mol. The van der Waals surface area contributed by atoms with Crippen molar-refractivity contribution in [2.75, 3.05) is 0 Å². The molecule has 1 atom stereocenters. The Bertz CT molecular complexity index is 218. The Labute approximate surface area is 72.6 Å². The number of allylic oxidation sites excluding steroid dienone is 1. The summed E-state index contributed by atoms with van der Waals surface area (Å²) in [6.07, 6.45) is 8.78. The molecule has 1 saturated heterocycles. The molecular weight excluding hydrogens is 152 g/mol. The minimum Gasteiger partial charge on any atom is -0.458 e. The molecule has 1 aliphatic carbocycles. The normalized spacial score (nSPS) is 29.8. The van der Waals surface area contributed by atoms with Gasteiger partial charge in [-0.1, -0.05) is 6.08 Å². The maximum absolute atomic E-state index is 10.8. The van der Waals surface area contributed by atoms with Crippen LogP contribution in [0.5, 0.6) is 0 Å². The van der Waals surface area contributed by atoms with Gasteiger partial charge in [-0.15, -0.1) is 0 Å². The highest BCUT2D eigenvalue weighted by atomic mass is 16.5. The smallest absolute Gasteiger partial charge is 0.306 e. The SMILES string of the molecule is O=C1CCC(C2=CCCCC2)O1. The monoisotopic (exact) mass is 166 g/mol. The molecule has 0 aromatic heterocycles. The van der Waals surface area contributed by atoms with E-state index in [1.54, 1.807) is 0 Å². The van der Waals surface area contributed by atoms with Crippen molar-refractivity contribution >= 4 is 5.97 Å². The molecule has 12 heavy (non-hydrogen) atoms. The number of esters is 1. The van der Waals surface area contributed by atoms with Gasteiger partial charge < -0.3 is 4.74 Å². The first-order chi connectivity index (χ1) is 5.86. The summed E-state index contributed by atoms with van der Waals surface area (Å²) >= 11 is 0. The zero-order valence-corrected chi connectivity index (χ0v) is 7.21. The van der Waals surface area contributed by atoms with E-state index in [9.17, 15) is 4.79 Å². The van der Waals surface area contributed by atoms with Crippen LogP contribution < -0.4 is 0 Å². The van der Waals surface area contributed by atoms with E-state index in [-0.39, 0.29) is 12.1 Å². The van der Waals surface area contributed by atoms with Gasteiger partial charge in [-0.25, -0.2) is 0 Å². The molecule has 2 nitrogen and oxygen atoms in total. The highest BCUT2D eigenvalue weighted by Gasteiger charge is 2.26. The molecule has 2 rings (SSSR count). The van der Waals surface area contributed by atoms with Crippen LogP contribution in [0.3, 0.4) is 0 Å². The van der Waals surface area contributed by atoms with Gasteiger partial charge in [0.05, 0.1) is 0 Å². The second-order valence-electron chi connectivity index (χ2n) is 3.54. The number of carbonyl (C=O) groups is 1. The molecule has 0 N–H and O–H groups in total. The van der Waals surface area contributed by atoms with Crippen molar-refractivity contribution in [3.8, 4) is 0 Å². The zero-order chi connectivity index (χ0) is 8.39. The van der Waals surface area contributed by atoms with Crippen LogP contribution in [0.1, 0.15) is 38.5 Å². The Morgan fingerprint density at radius 1 is 1.33 bits per heavy atom. The van der Waals surface area contributed by atoms with Gasteiger partial charge in [0, 0.05) is 6.42 Å². The first-order valence-corrected chi connectivity index (χ1v) is 4.74. The predicted molar refractivity (Wildman–Crippen MR) is 45.7 cm³/mol. The summed E-state index contributed by atoms with van der Waals surface area (Å²) in [4.78, 5) is 10.8. The summed E-state index contributed by atoms with van der Waals surface area (Å²) in [6, 6.07) is 0. The van der Waals surface area contributed by atoms with Crippen LogP contribution in [-0.4, -0.2) is 12.1 Å². The lowest BCUT2D eigenvalue weighted by Crippen LogP contribution is -2.12. The second kappa shape index (κ2) is 3.30. The summed E-state index contributed by atoms with van der Waals surface area (Å²) in [7, 11) is 0. The van der Waals surface area contributed by atoms with Gasteiger partial charge in [-0.3, -0.25) is 4.79 Å². The second-order valence-corrected chi connectivity index (χ2v) is 3.54. The van der Waals surface area contributed by atoms with E-state index in [1.165, 1.54) is 24.8 Å². The van der Waals surface area contributed by atoms with E-state index in [1.807, 2.05) is 0 Å². The van der Waals surface area contributed by atoms with E-state index >= 15 is 0 Å². The molecule has 0 aromatic carbocycles. The number of hydrogen-bond acceptors (Lipinski definition) is 2. The number of cyclic esters (lactones) is 1. The summed E-state index contributed by atoms with van der Waals surface area (Å²) in [6.45, 7) is 0. The number of ether oxygens (including phenoxy) is 1. The van der Waals surface area contributed by atoms with Crippen molar-refractivity contribution in [1.29, 1.82) is 0 Å². The Hall–Kier alpha value is -0.790. The van der Waals surface area contributed by atoms with Crippen molar-refractivity contribution < 1.29 is 9.53 Å². The fourth-order valence-corrected chi connectivity index (χ4v) is 1.94. The van der Waals surface area contributed by atoms with Gasteiger partial charge in [-0.2, -0.15) is 0 Å². The van der Waals surface area contributed by atoms with Gasteiger partial charge in [-0.05, 0) is 37.7 Å². The highest BCUT2D eigenvalue weighted by molar-refractivity contribution is 5.72. The van der Waals surface area contributed by atoms with Crippen LogP contribution in [-0.2, 0) is 9.53 Å². The number of hydrogen-bond donors (Lipinski definition) is 0. The predicted octanol–water partition coefficient (Wildman–Crippen LogP) is 2.19. The van der Waals surface area contributed by atoms with Gasteiger partial charge in [0.25, 0.3) is 0 Å². The quantitative estimate of drug-likeness (QED) is 0.441. The largest absolute Gasteiger partial charge is 0.458 e. The van der Waals surface area contributed by atoms with Crippen molar-refractivity contribution in [2.45, 2.75) is 44.6 Å². The van der Waals surface area contributed by atoms with Crippen molar-refractivity contribution in [2.24, 2.45) is 0 Å². The average Bonchev–Trinajstić information content (AvgIpc) is 2.54. The van der Waals surface area contributed by atoms with E-state index < -0.39 is 0 Å². The van der Waals surface area contributed by atoms with Gasteiger partial charge in [0.15, 0.2) is 0 Å². The van der Waals surface area contributed by atoms with Crippen molar-refractivity contribution in [3.63, 3.8) is 0 Å². The topological polar surface area (TPSA) is 26.3 Å². The third-order valence-electron chi connectivity index (χ3n) is 2.62. The molecule has 66 valence electrons. The van der Waals surface area contributed by atoms with Gasteiger partial charge in [0.1, 0.15) is 6.10 Å². The standard InChI is InChI=1S/C10H14O2/c11-10-7-6-9(12-10)8-4-2-1-3-5-8/h4,9H,1-3,5-7H2. The molecule has 1 heterocycles. The maximum Gasteiger partial charge on any atom is 0.306 e. The van der Waals surface area contributed by atoms with Gasteiger partial charge in [0.2, 0.25) is 0 Å². The summed E-state index contributed by atoms with van der Waals surface area (Å²) < 4.78 is 5.19. The Balaban J connectivity index is 1.99. The number of carbonyl (C=O) groups excluding carboxylic acids is 1. The Kier molecular flexibility index (Phi) is 2.15. The lowest BCUT2D eigenvalue weighted by atomic mass is 9.94. The van der Waals surface area contributed by atoms with Crippen LogP contribution >= 0.6 is 0 Å². The minimum absolute atomic E-state index is 0.0218. The van der Waals surface area contributed by atoms with Crippen LogP contribution in [0.15, 0.2) is 11.6 Å². The zero-order valence-electron chi connectivity index (χ0n) is 7.21. The molecule has 0 bridgehead atoms. The van der Waals surface area contributed by atoms with E-state index in [0.717, 1.165) is 12.8 Å². The summed E-state index contributed by atoms with van der Waals surface area (Å²) in [5, 5.41) is 0. The molecule has 2 aliphatic rings. The Morgan fingerprint density at radius 3 is 2.83 bits per heavy atom. The third-order valence-corrected chi connectivity index (χ3v) is 2.62. The first-order valence-electron chi connectivity index (χ1n) is 4.74. The van der Waals surface area contributed by atoms with Gasteiger partial charge >= 0.3 is 5.97 Å². The fourth-order valence-electron chi connectivity index (χ4n) is 1.94. The molecule has 1 aliphatic heterocycles. The fraction of sp³-hybridized carbons (Fsp3) is 0.700. The molecule has 0 amide bonds. The highest BCUT2D eigenvalue weighted by Crippen LogP contribution is 2.28. The lowest BCUT2D eigenvalue weighted by molar-refractivity contribution is -0.140. The maximum atomic E-state index is 10.8. The van der Waals surface area contributed by atoms with Crippen LogP contribution in [0.2, 0.25) is 0 Å². The van der Waals surface area contributed by atoms with E-state index in [0.29, 0.717) is 6.42 Å². The van der Waals surface area contributed by atoms with Crippen LogP contribution in [0, 0.1) is 0 Å². The van der Waals surface area contributed by atoms with Crippen molar-refractivity contribution in [1.82, 2.24) is 0 Å². The summed E-state index contributed by atoms with van der Waals surface area (Å²) in [5.74, 6) is -0.0218. The molecular formula is C10H14O2. The molecule has 0 aromatic rings. The molecule has 0 spiro atoms. The molecule has 2 heteroatoms. The molecule has 0 radical (unpaired) electrons. The van der Waals surface area contributed by atoms with E-state index in [4.69, 9.17) is 4.74 Å². The molecule has 0 saturated carbocycles. The van der Waals surface area contributed by atoms with Crippen LogP contribution in [0.25, 0.3) is 0 Å². The van der Waals surface area contributed by atoms with E-state index in [2.05, 4.69) is 6.08 Å². The summed E-state index contributed by atoms with van der Waals surface area (Å²) in [5.41, 5.74) is 1.37. The Morgan fingerprint density at radius 2 is 2.25 bits per heavy atom. The molecule has 1 unspecified atom stereocenters. The minimum atomic E-state index is -0.0218. The first kappa shape index (κ1) is 7.84. The van der Waals surface area contributed by atoms with Crippen molar-refractivity contribution in [3.05, 3.63) is 11.6 Å². The lowest BCUT2D eigenvalue weighted by Gasteiger charge is -2.17.